The second-order valence-electron chi connectivity index (χ2n) is 4.52. The quantitative estimate of drug-likeness (QED) is 0.712. The van der Waals surface area contributed by atoms with Crippen LogP contribution in [-0.4, -0.2) is 45.1 Å². The molecule has 3 N–H and O–H groups in total. The number of aromatic amines is 1. The zero-order valence-corrected chi connectivity index (χ0v) is 11.8. The van der Waals surface area contributed by atoms with Gasteiger partial charge in [-0.3, -0.25) is 19.7 Å². The first kappa shape index (κ1) is 14.6. The van der Waals surface area contributed by atoms with Crippen LogP contribution >= 0.6 is 0 Å². The Morgan fingerprint density at radius 1 is 1.29 bits per heavy atom. The SMILES string of the molecule is CNC(=O)c1cnc(CC(C)NC(=O)c2ccn[nH]2)cn1. The zero-order chi connectivity index (χ0) is 15.2. The van der Waals surface area contributed by atoms with Gasteiger partial charge < -0.3 is 10.6 Å². The van der Waals surface area contributed by atoms with Gasteiger partial charge in [0.05, 0.1) is 11.9 Å². The molecule has 110 valence electrons. The van der Waals surface area contributed by atoms with Crippen molar-refractivity contribution in [3.8, 4) is 0 Å². The second kappa shape index (κ2) is 6.60. The minimum Gasteiger partial charge on any atom is -0.354 e. The number of amides is 2. The highest BCUT2D eigenvalue weighted by Gasteiger charge is 2.12. The number of nitrogens with one attached hydrogen (secondary N) is 3. The lowest BCUT2D eigenvalue weighted by Gasteiger charge is -2.12. The van der Waals surface area contributed by atoms with Gasteiger partial charge in [-0.25, -0.2) is 4.98 Å². The summed E-state index contributed by atoms with van der Waals surface area (Å²) in [6, 6.07) is 1.47. The van der Waals surface area contributed by atoms with E-state index in [9.17, 15) is 9.59 Å². The summed E-state index contributed by atoms with van der Waals surface area (Å²) in [5.74, 6) is -0.510. The predicted molar refractivity (Wildman–Crippen MR) is 74.6 cm³/mol. The third kappa shape index (κ3) is 3.85. The molecule has 0 saturated carbocycles. The van der Waals surface area contributed by atoms with Crippen LogP contribution in [0.2, 0.25) is 0 Å². The van der Waals surface area contributed by atoms with Crippen LogP contribution in [0, 0.1) is 0 Å². The summed E-state index contributed by atoms with van der Waals surface area (Å²) in [4.78, 5) is 31.4. The summed E-state index contributed by atoms with van der Waals surface area (Å²) >= 11 is 0. The van der Waals surface area contributed by atoms with Gasteiger partial charge in [0.15, 0.2) is 0 Å². The molecule has 2 aromatic rings. The van der Waals surface area contributed by atoms with E-state index in [1.165, 1.54) is 25.6 Å². The molecule has 2 aromatic heterocycles. The van der Waals surface area contributed by atoms with Crippen molar-refractivity contribution in [3.05, 3.63) is 41.7 Å². The molecular weight excluding hydrogens is 272 g/mol. The van der Waals surface area contributed by atoms with E-state index >= 15 is 0 Å². The van der Waals surface area contributed by atoms with E-state index < -0.39 is 0 Å². The number of H-pyrrole nitrogens is 1. The lowest BCUT2D eigenvalue weighted by Crippen LogP contribution is -2.34. The third-order valence-corrected chi connectivity index (χ3v) is 2.80. The Balaban J connectivity index is 1.92. The van der Waals surface area contributed by atoms with E-state index in [2.05, 4.69) is 30.8 Å². The van der Waals surface area contributed by atoms with Crippen LogP contribution in [0.4, 0.5) is 0 Å². The van der Waals surface area contributed by atoms with Crippen molar-refractivity contribution in [2.75, 3.05) is 7.05 Å². The summed E-state index contributed by atoms with van der Waals surface area (Å²) in [6.07, 6.45) is 4.98. The van der Waals surface area contributed by atoms with Gasteiger partial charge in [0, 0.05) is 31.9 Å². The molecule has 2 rings (SSSR count). The van der Waals surface area contributed by atoms with Crippen LogP contribution in [-0.2, 0) is 6.42 Å². The molecule has 0 aliphatic rings. The normalized spacial score (nSPS) is 11.7. The van der Waals surface area contributed by atoms with Crippen LogP contribution in [0.25, 0.3) is 0 Å². The molecule has 0 aromatic carbocycles. The summed E-state index contributed by atoms with van der Waals surface area (Å²) in [5.41, 5.74) is 1.36. The van der Waals surface area contributed by atoms with Crippen molar-refractivity contribution < 1.29 is 9.59 Å². The Labute approximate surface area is 121 Å². The van der Waals surface area contributed by atoms with Gasteiger partial charge >= 0.3 is 0 Å². The van der Waals surface area contributed by atoms with E-state index in [4.69, 9.17) is 0 Å². The van der Waals surface area contributed by atoms with E-state index in [1.807, 2.05) is 6.92 Å². The number of rotatable bonds is 5. The van der Waals surface area contributed by atoms with Crippen molar-refractivity contribution in [1.82, 2.24) is 30.8 Å². The van der Waals surface area contributed by atoms with Crippen molar-refractivity contribution in [2.24, 2.45) is 0 Å². The summed E-state index contributed by atoms with van der Waals surface area (Å²) in [7, 11) is 1.53. The summed E-state index contributed by atoms with van der Waals surface area (Å²) in [5, 5.41) is 11.6. The van der Waals surface area contributed by atoms with Crippen molar-refractivity contribution in [2.45, 2.75) is 19.4 Å². The highest BCUT2D eigenvalue weighted by molar-refractivity contribution is 5.92. The fourth-order valence-corrected chi connectivity index (χ4v) is 1.75. The van der Waals surface area contributed by atoms with Crippen LogP contribution in [0.3, 0.4) is 0 Å². The molecule has 0 aliphatic heterocycles. The first-order valence-corrected chi connectivity index (χ1v) is 6.43. The molecule has 2 heterocycles. The lowest BCUT2D eigenvalue weighted by molar-refractivity contribution is 0.0933. The Morgan fingerprint density at radius 2 is 2.10 bits per heavy atom. The summed E-state index contributed by atoms with van der Waals surface area (Å²) in [6.45, 7) is 1.86. The highest BCUT2D eigenvalue weighted by Crippen LogP contribution is 2.01. The molecular formula is C13H16N6O2. The van der Waals surface area contributed by atoms with Crippen LogP contribution in [0.15, 0.2) is 24.7 Å². The molecule has 21 heavy (non-hydrogen) atoms. The number of hydrogen-bond acceptors (Lipinski definition) is 5. The molecule has 0 bridgehead atoms. The van der Waals surface area contributed by atoms with E-state index in [0.29, 0.717) is 17.8 Å². The van der Waals surface area contributed by atoms with Gasteiger partial charge in [0.1, 0.15) is 11.4 Å². The maximum absolute atomic E-state index is 11.8. The fourth-order valence-electron chi connectivity index (χ4n) is 1.75. The molecule has 1 atom stereocenters. The Kier molecular flexibility index (Phi) is 4.60. The zero-order valence-electron chi connectivity index (χ0n) is 11.8. The molecule has 8 nitrogen and oxygen atoms in total. The van der Waals surface area contributed by atoms with E-state index in [0.717, 1.165) is 0 Å². The molecule has 2 amide bonds. The van der Waals surface area contributed by atoms with Crippen LogP contribution in [0.5, 0.6) is 0 Å². The highest BCUT2D eigenvalue weighted by atomic mass is 16.2. The average Bonchev–Trinajstić information content (AvgIpc) is 3.01. The smallest absolute Gasteiger partial charge is 0.271 e. The average molecular weight is 288 g/mol. The number of nitrogens with zero attached hydrogens (tertiary/aromatic N) is 3. The van der Waals surface area contributed by atoms with E-state index in [-0.39, 0.29) is 23.6 Å². The Bertz CT molecular complexity index is 608. The number of carbonyl (C=O) groups excluding carboxylic acids is 2. The van der Waals surface area contributed by atoms with Gasteiger partial charge in [-0.05, 0) is 13.0 Å². The molecule has 8 heteroatoms. The van der Waals surface area contributed by atoms with Crippen molar-refractivity contribution >= 4 is 11.8 Å². The second-order valence-corrected chi connectivity index (χ2v) is 4.52. The van der Waals surface area contributed by atoms with E-state index in [1.54, 1.807) is 6.07 Å². The molecule has 0 aliphatic carbocycles. The molecule has 1 unspecified atom stereocenters. The maximum atomic E-state index is 11.8. The monoisotopic (exact) mass is 288 g/mol. The predicted octanol–water partition coefficient (Wildman–Crippen LogP) is -0.0797. The van der Waals surface area contributed by atoms with Gasteiger partial charge in [0.25, 0.3) is 11.8 Å². The third-order valence-electron chi connectivity index (χ3n) is 2.80. The first-order valence-electron chi connectivity index (χ1n) is 6.43. The van der Waals surface area contributed by atoms with Crippen molar-refractivity contribution in [1.29, 1.82) is 0 Å². The minimum absolute atomic E-state index is 0.124. The molecule has 0 spiro atoms. The van der Waals surface area contributed by atoms with Gasteiger partial charge in [-0.1, -0.05) is 0 Å². The molecule has 0 saturated heterocycles. The Hall–Kier alpha value is -2.77. The van der Waals surface area contributed by atoms with Gasteiger partial charge in [-0.15, -0.1) is 0 Å². The number of aromatic nitrogens is 4. The largest absolute Gasteiger partial charge is 0.354 e. The summed E-state index contributed by atoms with van der Waals surface area (Å²) < 4.78 is 0. The fraction of sp³-hybridized carbons (Fsp3) is 0.308. The Morgan fingerprint density at radius 3 is 2.67 bits per heavy atom. The van der Waals surface area contributed by atoms with Gasteiger partial charge in [-0.2, -0.15) is 5.10 Å². The molecule has 0 fully saturated rings. The van der Waals surface area contributed by atoms with Gasteiger partial charge in [0.2, 0.25) is 0 Å². The minimum atomic E-state index is -0.283. The number of carbonyl (C=O) groups is 2. The number of hydrogen-bond donors (Lipinski definition) is 3. The molecule has 0 radical (unpaired) electrons. The maximum Gasteiger partial charge on any atom is 0.271 e. The van der Waals surface area contributed by atoms with Crippen LogP contribution < -0.4 is 10.6 Å². The lowest BCUT2D eigenvalue weighted by atomic mass is 10.2. The van der Waals surface area contributed by atoms with Crippen molar-refractivity contribution in [3.63, 3.8) is 0 Å². The first-order chi connectivity index (χ1) is 10.1. The topological polar surface area (TPSA) is 113 Å². The van der Waals surface area contributed by atoms with Crippen LogP contribution in [0.1, 0.15) is 33.6 Å². The standard InChI is InChI=1S/C13H16N6O2/c1-8(18-13(21)10-3-4-17-19-10)5-9-6-16-11(7-15-9)12(20)14-2/h3-4,6-8H,5H2,1-2H3,(H,14,20)(H,17,19)(H,18,21).